The van der Waals surface area contributed by atoms with Gasteiger partial charge in [-0.2, -0.15) is 10.4 Å². The first-order valence-electron chi connectivity index (χ1n) is 6.16. The van der Waals surface area contributed by atoms with E-state index in [0.717, 1.165) is 17.7 Å². The summed E-state index contributed by atoms with van der Waals surface area (Å²) in [4.78, 5) is 0. The molecule has 5 nitrogen and oxygen atoms in total. The summed E-state index contributed by atoms with van der Waals surface area (Å²) in [5.74, 6) is 1.43. The van der Waals surface area contributed by atoms with Gasteiger partial charge in [-0.05, 0) is 12.1 Å². The first-order valence-corrected chi connectivity index (χ1v) is 6.16. The lowest BCUT2D eigenvalue weighted by Gasteiger charge is -2.07. The molecule has 0 saturated carbocycles. The molecule has 0 amide bonds. The van der Waals surface area contributed by atoms with Crippen LogP contribution in [0.15, 0.2) is 36.5 Å². The highest BCUT2D eigenvalue weighted by Gasteiger charge is 2.06. The van der Waals surface area contributed by atoms with Crippen LogP contribution in [0.1, 0.15) is 12.0 Å². The van der Waals surface area contributed by atoms with Gasteiger partial charge in [-0.25, -0.2) is 4.68 Å². The highest BCUT2D eigenvalue weighted by molar-refractivity contribution is 5.40. The van der Waals surface area contributed by atoms with E-state index in [9.17, 15) is 0 Å². The number of nitrogen functional groups attached to an aromatic ring is 1. The predicted octanol–water partition coefficient (Wildman–Crippen LogP) is 2.00. The van der Waals surface area contributed by atoms with Gasteiger partial charge >= 0.3 is 0 Å². The van der Waals surface area contributed by atoms with Gasteiger partial charge in [0.2, 0.25) is 0 Å². The molecule has 5 heteroatoms. The van der Waals surface area contributed by atoms with Crippen molar-refractivity contribution in [3.63, 3.8) is 0 Å². The molecule has 1 aromatic carbocycles. The minimum Gasteiger partial charge on any atom is -0.494 e. The zero-order valence-corrected chi connectivity index (χ0v) is 10.6. The van der Waals surface area contributed by atoms with E-state index in [1.54, 1.807) is 10.9 Å². The lowest BCUT2D eigenvalue weighted by molar-refractivity contribution is 0.299. The van der Waals surface area contributed by atoms with E-state index in [-0.39, 0.29) is 0 Å². The van der Waals surface area contributed by atoms with Gasteiger partial charge in [-0.15, -0.1) is 0 Å². The van der Waals surface area contributed by atoms with Crippen molar-refractivity contribution in [2.75, 3.05) is 12.3 Å². The maximum atomic E-state index is 8.63. The number of benzene rings is 1. The normalized spacial score (nSPS) is 10.1. The molecule has 98 valence electrons. The van der Waals surface area contributed by atoms with Crippen LogP contribution in [0.25, 0.3) is 0 Å². The Morgan fingerprint density at radius 3 is 2.84 bits per heavy atom. The number of aromatic nitrogens is 2. The summed E-state index contributed by atoms with van der Waals surface area (Å²) in [6.45, 7) is 1.29. The van der Waals surface area contributed by atoms with Crippen LogP contribution in [-0.4, -0.2) is 16.4 Å². The number of ether oxygens (including phenoxy) is 1. The quantitative estimate of drug-likeness (QED) is 0.802. The average Bonchev–Trinajstić information content (AvgIpc) is 2.78. The largest absolute Gasteiger partial charge is 0.494 e. The molecule has 2 aromatic rings. The van der Waals surface area contributed by atoms with Crippen molar-refractivity contribution in [3.05, 3.63) is 42.1 Å². The Morgan fingerprint density at radius 1 is 1.32 bits per heavy atom. The van der Waals surface area contributed by atoms with Gasteiger partial charge in [-0.3, -0.25) is 0 Å². The SMILES string of the molecule is N#CCc1cnn(CCCOc2ccccc2)c1N. The van der Waals surface area contributed by atoms with Gasteiger partial charge in [0, 0.05) is 18.5 Å². The van der Waals surface area contributed by atoms with E-state index in [1.165, 1.54) is 0 Å². The predicted molar refractivity (Wildman–Crippen MR) is 72.5 cm³/mol. The van der Waals surface area contributed by atoms with E-state index in [2.05, 4.69) is 11.2 Å². The van der Waals surface area contributed by atoms with Crippen LogP contribution in [0.2, 0.25) is 0 Å². The van der Waals surface area contributed by atoms with Crippen molar-refractivity contribution >= 4 is 5.82 Å². The first-order chi connectivity index (χ1) is 9.31. The summed E-state index contributed by atoms with van der Waals surface area (Å²) < 4.78 is 7.30. The molecule has 0 spiro atoms. The molecule has 0 unspecified atom stereocenters. The van der Waals surface area contributed by atoms with Gasteiger partial charge in [0.15, 0.2) is 0 Å². The van der Waals surface area contributed by atoms with Crippen LogP contribution in [0.4, 0.5) is 5.82 Å². The molecule has 2 rings (SSSR count). The molecule has 0 atom stereocenters. The molecule has 0 saturated heterocycles. The second kappa shape index (κ2) is 6.45. The number of nitrogens with zero attached hydrogens (tertiary/aromatic N) is 3. The Bertz CT molecular complexity index is 557. The smallest absolute Gasteiger partial charge is 0.125 e. The molecule has 2 N–H and O–H groups in total. The lowest BCUT2D eigenvalue weighted by Crippen LogP contribution is -2.09. The van der Waals surface area contributed by atoms with Gasteiger partial charge in [0.25, 0.3) is 0 Å². The summed E-state index contributed by atoms with van der Waals surface area (Å²) in [6, 6.07) is 11.7. The summed E-state index contributed by atoms with van der Waals surface area (Å²) >= 11 is 0. The van der Waals surface area contributed by atoms with Crippen molar-refractivity contribution in [1.29, 1.82) is 5.26 Å². The third-order valence-electron chi connectivity index (χ3n) is 2.76. The minimum absolute atomic E-state index is 0.298. The summed E-state index contributed by atoms with van der Waals surface area (Å²) in [6.07, 6.45) is 2.76. The fraction of sp³-hybridized carbons (Fsp3) is 0.286. The van der Waals surface area contributed by atoms with Crippen LogP contribution in [0.5, 0.6) is 5.75 Å². The zero-order chi connectivity index (χ0) is 13.5. The first kappa shape index (κ1) is 13.0. The van der Waals surface area contributed by atoms with Crippen LogP contribution < -0.4 is 10.5 Å². The van der Waals surface area contributed by atoms with Crippen molar-refractivity contribution in [1.82, 2.24) is 9.78 Å². The number of anilines is 1. The number of nitriles is 1. The standard InChI is InChI=1S/C14H16N4O/c15-8-7-12-11-17-18(14(12)16)9-4-10-19-13-5-2-1-3-6-13/h1-3,5-6,11H,4,7,9-10,16H2. The monoisotopic (exact) mass is 256 g/mol. The van der Waals surface area contributed by atoms with Crippen LogP contribution in [-0.2, 0) is 13.0 Å². The van der Waals surface area contributed by atoms with E-state index < -0.39 is 0 Å². The Labute approximate surface area is 112 Å². The number of hydrogen-bond donors (Lipinski definition) is 1. The van der Waals surface area contributed by atoms with Crippen LogP contribution >= 0.6 is 0 Å². The molecule has 1 aromatic heterocycles. The highest BCUT2D eigenvalue weighted by Crippen LogP contribution is 2.12. The Hall–Kier alpha value is -2.48. The van der Waals surface area contributed by atoms with Crippen molar-refractivity contribution in [3.8, 4) is 11.8 Å². The number of nitrogens with two attached hydrogens (primary N) is 1. The van der Waals surface area contributed by atoms with Crippen LogP contribution in [0, 0.1) is 11.3 Å². The van der Waals surface area contributed by atoms with Gasteiger partial charge in [0.05, 0.1) is 25.3 Å². The molecule has 0 aliphatic rings. The third-order valence-corrected chi connectivity index (χ3v) is 2.76. The number of hydrogen-bond acceptors (Lipinski definition) is 4. The molecule has 1 heterocycles. The Balaban J connectivity index is 1.79. The van der Waals surface area contributed by atoms with Crippen molar-refractivity contribution in [2.45, 2.75) is 19.4 Å². The average molecular weight is 256 g/mol. The molecule has 0 aliphatic carbocycles. The summed E-state index contributed by atoms with van der Waals surface area (Å²) in [5, 5.41) is 12.8. The van der Waals surface area contributed by atoms with E-state index in [0.29, 0.717) is 25.4 Å². The van der Waals surface area contributed by atoms with Gasteiger partial charge in [0.1, 0.15) is 11.6 Å². The van der Waals surface area contributed by atoms with Gasteiger partial charge < -0.3 is 10.5 Å². The van der Waals surface area contributed by atoms with E-state index >= 15 is 0 Å². The van der Waals surface area contributed by atoms with Crippen molar-refractivity contribution < 1.29 is 4.74 Å². The second-order valence-electron chi connectivity index (χ2n) is 4.13. The minimum atomic E-state index is 0.298. The Kier molecular flexibility index (Phi) is 4.40. The number of aryl methyl sites for hydroxylation is 1. The van der Waals surface area contributed by atoms with E-state index in [1.807, 2.05) is 30.3 Å². The van der Waals surface area contributed by atoms with Gasteiger partial charge in [-0.1, -0.05) is 18.2 Å². The third kappa shape index (κ3) is 3.49. The molecule has 19 heavy (non-hydrogen) atoms. The molecule has 0 aliphatic heterocycles. The molecule has 0 radical (unpaired) electrons. The zero-order valence-electron chi connectivity index (χ0n) is 10.6. The van der Waals surface area contributed by atoms with E-state index in [4.69, 9.17) is 15.7 Å². The molecule has 0 fully saturated rings. The van der Waals surface area contributed by atoms with Crippen LogP contribution in [0.3, 0.4) is 0 Å². The second-order valence-corrected chi connectivity index (χ2v) is 4.13. The maximum absolute atomic E-state index is 8.63. The summed E-state index contributed by atoms with van der Waals surface area (Å²) in [5.41, 5.74) is 6.68. The fourth-order valence-corrected chi connectivity index (χ4v) is 1.75. The maximum Gasteiger partial charge on any atom is 0.125 e. The Morgan fingerprint density at radius 2 is 2.11 bits per heavy atom. The number of rotatable bonds is 6. The molecular formula is C14H16N4O. The molecule has 0 bridgehead atoms. The fourth-order valence-electron chi connectivity index (χ4n) is 1.75. The lowest BCUT2D eigenvalue weighted by atomic mass is 10.2. The molecular weight excluding hydrogens is 240 g/mol. The number of para-hydroxylation sites is 1. The summed E-state index contributed by atoms with van der Waals surface area (Å²) in [7, 11) is 0. The highest BCUT2D eigenvalue weighted by atomic mass is 16.5. The topological polar surface area (TPSA) is 76.9 Å². The van der Waals surface area contributed by atoms with Crippen molar-refractivity contribution in [2.24, 2.45) is 0 Å².